The van der Waals surface area contributed by atoms with Crippen LogP contribution in [0.2, 0.25) is 0 Å². The summed E-state index contributed by atoms with van der Waals surface area (Å²) in [5, 5.41) is 0. The van der Waals surface area contributed by atoms with Crippen LogP contribution in [0.3, 0.4) is 0 Å². The highest BCUT2D eigenvalue weighted by molar-refractivity contribution is 5.43. The number of hydrogen-bond donors (Lipinski definition) is 1. The molecule has 3 heteroatoms. The monoisotopic (exact) mass is 264 g/mol. The van der Waals surface area contributed by atoms with E-state index in [4.69, 9.17) is 10.5 Å². The van der Waals surface area contributed by atoms with Crippen molar-refractivity contribution in [3.63, 3.8) is 0 Å². The van der Waals surface area contributed by atoms with E-state index < -0.39 is 0 Å². The van der Waals surface area contributed by atoms with Crippen molar-refractivity contribution in [2.24, 2.45) is 11.1 Å². The number of hydrogen-bond acceptors (Lipinski definition) is 3. The quantitative estimate of drug-likeness (QED) is 0.888. The van der Waals surface area contributed by atoms with Crippen LogP contribution in [0.15, 0.2) is 12.1 Å². The summed E-state index contributed by atoms with van der Waals surface area (Å²) in [6, 6.07) is 4.64. The van der Waals surface area contributed by atoms with Gasteiger partial charge in [0.1, 0.15) is 5.75 Å². The molecule has 0 amide bonds. The average Bonchev–Trinajstić information content (AvgIpc) is 2.32. The molecule has 1 rings (SSSR count). The Morgan fingerprint density at radius 3 is 2.21 bits per heavy atom. The summed E-state index contributed by atoms with van der Waals surface area (Å²) in [6.07, 6.45) is 0. The second kappa shape index (κ2) is 5.93. The van der Waals surface area contributed by atoms with E-state index in [9.17, 15) is 0 Å². The molecule has 0 saturated carbocycles. The largest absolute Gasteiger partial charge is 0.496 e. The predicted octanol–water partition coefficient (Wildman–Crippen LogP) is 2.90. The number of nitrogens with zero attached hydrogens (tertiary/aromatic N) is 1. The molecule has 1 aromatic carbocycles. The highest BCUT2D eigenvalue weighted by atomic mass is 16.5. The van der Waals surface area contributed by atoms with Gasteiger partial charge in [0.05, 0.1) is 7.11 Å². The lowest BCUT2D eigenvalue weighted by Crippen LogP contribution is -2.39. The van der Waals surface area contributed by atoms with Crippen LogP contribution in [0.1, 0.15) is 36.6 Å². The molecule has 1 aromatic rings. The Hall–Kier alpha value is -1.06. The summed E-state index contributed by atoms with van der Waals surface area (Å²) in [6.45, 7) is 9.32. The smallest absolute Gasteiger partial charge is 0.122 e. The van der Waals surface area contributed by atoms with Crippen LogP contribution in [0.5, 0.6) is 5.75 Å². The minimum atomic E-state index is 0.0231. The minimum absolute atomic E-state index is 0.0231. The fourth-order valence-corrected chi connectivity index (χ4v) is 2.84. The number of benzene rings is 1. The molecule has 108 valence electrons. The third-order valence-electron chi connectivity index (χ3n) is 3.86. The molecule has 3 nitrogen and oxygen atoms in total. The van der Waals surface area contributed by atoms with Crippen LogP contribution in [-0.4, -0.2) is 32.6 Å². The highest BCUT2D eigenvalue weighted by Crippen LogP contribution is 2.39. The molecule has 19 heavy (non-hydrogen) atoms. The number of methoxy groups -OCH3 is 1. The van der Waals surface area contributed by atoms with E-state index in [2.05, 4.69) is 58.8 Å². The van der Waals surface area contributed by atoms with Crippen molar-refractivity contribution in [3.8, 4) is 5.75 Å². The van der Waals surface area contributed by atoms with E-state index >= 15 is 0 Å². The van der Waals surface area contributed by atoms with Gasteiger partial charge < -0.3 is 15.4 Å². The molecule has 0 fully saturated rings. The van der Waals surface area contributed by atoms with Crippen molar-refractivity contribution in [1.29, 1.82) is 0 Å². The average molecular weight is 264 g/mol. The zero-order valence-electron chi connectivity index (χ0n) is 13.4. The maximum Gasteiger partial charge on any atom is 0.122 e. The van der Waals surface area contributed by atoms with Crippen molar-refractivity contribution >= 4 is 0 Å². The van der Waals surface area contributed by atoms with Crippen molar-refractivity contribution in [2.75, 3.05) is 27.7 Å². The second-order valence-corrected chi connectivity index (χ2v) is 6.24. The molecule has 0 saturated heterocycles. The first-order valence-electron chi connectivity index (χ1n) is 6.76. The Bertz CT molecular complexity index is 439. The van der Waals surface area contributed by atoms with E-state index in [0.717, 1.165) is 5.75 Å². The topological polar surface area (TPSA) is 38.5 Å². The van der Waals surface area contributed by atoms with Crippen LogP contribution < -0.4 is 10.5 Å². The van der Waals surface area contributed by atoms with Crippen molar-refractivity contribution in [3.05, 3.63) is 28.8 Å². The zero-order valence-corrected chi connectivity index (χ0v) is 13.4. The van der Waals surface area contributed by atoms with Crippen molar-refractivity contribution in [2.45, 2.75) is 33.7 Å². The van der Waals surface area contributed by atoms with Gasteiger partial charge in [-0.05, 0) is 62.7 Å². The molecule has 0 aliphatic carbocycles. The third-order valence-corrected chi connectivity index (χ3v) is 3.86. The van der Waals surface area contributed by atoms with Gasteiger partial charge in [-0.3, -0.25) is 0 Å². The lowest BCUT2D eigenvalue weighted by atomic mass is 9.78. The van der Waals surface area contributed by atoms with E-state index in [-0.39, 0.29) is 5.41 Å². The zero-order chi connectivity index (χ0) is 14.8. The van der Waals surface area contributed by atoms with Crippen LogP contribution in [0, 0.1) is 19.3 Å². The van der Waals surface area contributed by atoms with Gasteiger partial charge in [0.15, 0.2) is 0 Å². The lowest BCUT2D eigenvalue weighted by molar-refractivity contribution is 0.142. The molecule has 0 spiro atoms. The SMILES string of the molecule is COc1cc(C)c(C(N(C)C)C(C)(C)CN)cc1C. The van der Waals surface area contributed by atoms with Gasteiger partial charge in [-0.25, -0.2) is 0 Å². The summed E-state index contributed by atoms with van der Waals surface area (Å²) in [5.74, 6) is 0.948. The minimum Gasteiger partial charge on any atom is -0.496 e. The summed E-state index contributed by atoms with van der Waals surface area (Å²) in [5.41, 5.74) is 9.75. The Morgan fingerprint density at radius 2 is 1.79 bits per heavy atom. The van der Waals surface area contributed by atoms with Gasteiger partial charge in [0.25, 0.3) is 0 Å². The van der Waals surface area contributed by atoms with Gasteiger partial charge >= 0.3 is 0 Å². The number of aryl methyl sites for hydroxylation is 2. The molecule has 0 aliphatic rings. The Balaban J connectivity index is 3.36. The van der Waals surface area contributed by atoms with Crippen LogP contribution in [-0.2, 0) is 0 Å². The Kier molecular flexibility index (Phi) is 4.99. The first-order valence-corrected chi connectivity index (χ1v) is 6.76. The Morgan fingerprint density at radius 1 is 1.21 bits per heavy atom. The van der Waals surface area contributed by atoms with Gasteiger partial charge in [-0.1, -0.05) is 19.9 Å². The highest BCUT2D eigenvalue weighted by Gasteiger charge is 2.32. The summed E-state index contributed by atoms with van der Waals surface area (Å²) in [4.78, 5) is 2.25. The summed E-state index contributed by atoms with van der Waals surface area (Å²) < 4.78 is 5.39. The first-order chi connectivity index (χ1) is 8.74. The first kappa shape index (κ1) is 16.0. The van der Waals surface area contributed by atoms with Crippen molar-refractivity contribution in [1.82, 2.24) is 4.90 Å². The van der Waals surface area contributed by atoms with Crippen LogP contribution in [0.25, 0.3) is 0 Å². The Labute approximate surface area is 117 Å². The fourth-order valence-electron chi connectivity index (χ4n) is 2.84. The third kappa shape index (κ3) is 3.28. The molecule has 0 radical (unpaired) electrons. The molecule has 1 atom stereocenters. The predicted molar refractivity (Wildman–Crippen MR) is 81.7 cm³/mol. The molecular formula is C16H28N2O. The number of rotatable bonds is 5. The second-order valence-electron chi connectivity index (χ2n) is 6.24. The molecule has 0 heterocycles. The van der Waals surface area contributed by atoms with E-state index in [1.807, 2.05) is 0 Å². The van der Waals surface area contributed by atoms with Gasteiger partial charge in [0.2, 0.25) is 0 Å². The maximum absolute atomic E-state index is 5.98. The molecule has 2 N–H and O–H groups in total. The van der Waals surface area contributed by atoms with Crippen molar-refractivity contribution < 1.29 is 4.74 Å². The van der Waals surface area contributed by atoms with Gasteiger partial charge in [-0.15, -0.1) is 0 Å². The van der Waals surface area contributed by atoms with Crippen LogP contribution in [0.4, 0.5) is 0 Å². The lowest BCUT2D eigenvalue weighted by Gasteiger charge is -2.39. The fraction of sp³-hybridized carbons (Fsp3) is 0.625. The van der Waals surface area contributed by atoms with E-state index in [1.165, 1.54) is 16.7 Å². The summed E-state index contributed by atoms with van der Waals surface area (Å²) in [7, 11) is 5.94. The molecule has 1 unspecified atom stereocenters. The number of ether oxygens (including phenoxy) is 1. The normalized spacial score (nSPS) is 13.7. The molecule has 0 aliphatic heterocycles. The molecule has 0 bridgehead atoms. The standard InChI is InChI=1S/C16H28N2O/c1-11-9-14(19-7)12(2)8-13(11)15(18(5)6)16(3,4)10-17/h8-9,15H,10,17H2,1-7H3. The molecular weight excluding hydrogens is 236 g/mol. The maximum atomic E-state index is 5.98. The van der Waals surface area contributed by atoms with Gasteiger partial charge in [0, 0.05) is 6.04 Å². The molecule has 0 aromatic heterocycles. The number of nitrogens with two attached hydrogens (primary N) is 1. The van der Waals surface area contributed by atoms with Gasteiger partial charge in [-0.2, -0.15) is 0 Å². The van der Waals surface area contributed by atoms with E-state index in [0.29, 0.717) is 12.6 Å². The summed E-state index contributed by atoms with van der Waals surface area (Å²) >= 11 is 0. The van der Waals surface area contributed by atoms with E-state index in [1.54, 1.807) is 7.11 Å². The van der Waals surface area contributed by atoms with Crippen LogP contribution >= 0.6 is 0 Å².